The standard InChI is InChI=1S/C17H19N3O3S/c1-11(2)12-3-5-14(6-4-12)23-8-7-15-19-20-10-13(9-16(21)22)18-17(20)24-15/h3-6,10-11H,7-9H2,1-2H3,(H,21,22). The molecule has 0 aliphatic carbocycles. The van der Waals surface area contributed by atoms with Crippen LogP contribution in [-0.4, -0.2) is 32.3 Å². The van der Waals surface area contributed by atoms with Gasteiger partial charge in [0, 0.05) is 6.42 Å². The smallest absolute Gasteiger partial charge is 0.309 e. The summed E-state index contributed by atoms with van der Waals surface area (Å²) >= 11 is 1.45. The van der Waals surface area contributed by atoms with Gasteiger partial charge in [0.05, 0.1) is 24.9 Å². The zero-order valence-electron chi connectivity index (χ0n) is 13.6. The number of carbonyl (C=O) groups is 1. The summed E-state index contributed by atoms with van der Waals surface area (Å²) in [5.41, 5.74) is 1.81. The predicted molar refractivity (Wildman–Crippen MR) is 91.9 cm³/mol. The summed E-state index contributed by atoms with van der Waals surface area (Å²) < 4.78 is 7.39. The van der Waals surface area contributed by atoms with E-state index in [0.717, 1.165) is 10.8 Å². The van der Waals surface area contributed by atoms with Crippen molar-refractivity contribution in [3.8, 4) is 5.75 Å². The number of rotatable bonds is 7. The molecule has 7 heteroatoms. The highest BCUT2D eigenvalue weighted by atomic mass is 32.1. The van der Waals surface area contributed by atoms with Crippen LogP contribution in [0.2, 0.25) is 0 Å². The van der Waals surface area contributed by atoms with Crippen LogP contribution < -0.4 is 4.74 Å². The Labute approximate surface area is 143 Å². The van der Waals surface area contributed by atoms with Gasteiger partial charge in [0.1, 0.15) is 10.8 Å². The molecule has 6 nitrogen and oxygen atoms in total. The fourth-order valence-corrected chi connectivity index (χ4v) is 3.21. The van der Waals surface area contributed by atoms with Crippen LogP contribution in [-0.2, 0) is 17.6 Å². The summed E-state index contributed by atoms with van der Waals surface area (Å²) in [7, 11) is 0. The van der Waals surface area contributed by atoms with E-state index >= 15 is 0 Å². The number of hydrogen-bond acceptors (Lipinski definition) is 5. The van der Waals surface area contributed by atoms with Gasteiger partial charge in [0.15, 0.2) is 0 Å². The largest absolute Gasteiger partial charge is 0.493 e. The maximum atomic E-state index is 10.7. The van der Waals surface area contributed by atoms with E-state index in [2.05, 4.69) is 36.1 Å². The van der Waals surface area contributed by atoms with Crippen molar-refractivity contribution in [1.82, 2.24) is 14.6 Å². The zero-order chi connectivity index (χ0) is 17.1. The second-order valence-electron chi connectivity index (χ2n) is 5.85. The fourth-order valence-electron chi connectivity index (χ4n) is 2.33. The number of carboxylic acids is 1. The Bertz CT molecular complexity index is 805. The quantitative estimate of drug-likeness (QED) is 0.712. The van der Waals surface area contributed by atoms with Crippen LogP contribution in [0.4, 0.5) is 0 Å². The number of aliphatic carboxylic acids is 1. The molecule has 0 bridgehead atoms. The Morgan fingerprint density at radius 1 is 1.33 bits per heavy atom. The van der Waals surface area contributed by atoms with Gasteiger partial charge >= 0.3 is 5.97 Å². The van der Waals surface area contributed by atoms with E-state index < -0.39 is 5.97 Å². The van der Waals surface area contributed by atoms with Crippen molar-refractivity contribution >= 4 is 22.3 Å². The Balaban J connectivity index is 1.55. The molecule has 3 aromatic rings. The van der Waals surface area contributed by atoms with Gasteiger partial charge in [-0.25, -0.2) is 9.50 Å². The summed E-state index contributed by atoms with van der Waals surface area (Å²) in [6, 6.07) is 8.15. The monoisotopic (exact) mass is 345 g/mol. The first-order valence-corrected chi connectivity index (χ1v) is 8.61. The SMILES string of the molecule is CC(C)c1ccc(OCCc2nn3cc(CC(=O)O)nc3s2)cc1. The highest BCUT2D eigenvalue weighted by Gasteiger charge is 2.10. The number of nitrogens with zero attached hydrogens (tertiary/aromatic N) is 3. The first-order valence-electron chi connectivity index (χ1n) is 7.80. The third-order valence-electron chi connectivity index (χ3n) is 3.60. The van der Waals surface area contributed by atoms with Crippen LogP contribution in [0.25, 0.3) is 4.96 Å². The van der Waals surface area contributed by atoms with Crippen LogP contribution in [0.3, 0.4) is 0 Å². The second-order valence-corrected chi connectivity index (χ2v) is 6.89. The van der Waals surface area contributed by atoms with Gasteiger partial charge in [0.2, 0.25) is 4.96 Å². The topological polar surface area (TPSA) is 76.7 Å². The van der Waals surface area contributed by atoms with Crippen molar-refractivity contribution < 1.29 is 14.6 Å². The Morgan fingerprint density at radius 2 is 2.08 bits per heavy atom. The van der Waals surface area contributed by atoms with E-state index in [1.54, 1.807) is 10.7 Å². The van der Waals surface area contributed by atoms with E-state index in [1.165, 1.54) is 16.9 Å². The van der Waals surface area contributed by atoms with Gasteiger partial charge in [-0.1, -0.05) is 37.3 Å². The van der Waals surface area contributed by atoms with E-state index in [9.17, 15) is 4.79 Å². The highest BCUT2D eigenvalue weighted by molar-refractivity contribution is 7.16. The second kappa shape index (κ2) is 7.00. The van der Waals surface area contributed by atoms with Crippen molar-refractivity contribution in [2.24, 2.45) is 0 Å². The summed E-state index contributed by atoms with van der Waals surface area (Å²) in [5, 5.41) is 14.1. The maximum Gasteiger partial charge on any atom is 0.309 e. The van der Waals surface area contributed by atoms with Gasteiger partial charge in [-0.15, -0.1) is 0 Å². The van der Waals surface area contributed by atoms with Gasteiger partial charge in [-0.3, -0.25) is 4.79 Å². The van der Waals surface area contributed by atoms with Crippen LogP contribution in [0.5, 0.6) is 5.75 Å². The molecule has 2 aromatic heterocycles. The molecule has 1 N–H and O–H groups in total. The number of fused-ring (bicyclic) bond motifs is 1. The molecule has 0 aliphatic heterocycles. The Kier molecular flexibility index (Phi) is 4.80. The Morgan fingerprint density at radius 3 is 2.71 bits per heavy atom. The summed E-state index contributed by atoms with van der Waals surface area (Å²) in [6.07, 6.45) is 2.27. The van der Waals surface area contributed by atoms with Gasteiger partial charge in [0.25, 0.3) is 0 Å². The summed E-state index contributed by atoms with van der Waals surface area (Å²) in [6.45, 7) is 4.87. The fraction of sp³-hybridized carbons (Fsp3) is 0.353. The van der Waals surface area contributed by atoms with Crippen molar-refractivity contribution in [2.45, 2.75) is 32.6 Å². The summed E-state index contributed by atoms with van der Waals surface area (Å²) in [4.78, 5) is 15.7. The lowest BCUT2D eigenvalue weighted by Crippen LogP contribution is -2.02. The molecule has 24 heavy (non-hydrogen) atoms. The molecule has 2 heterocycles. The number of hydrogen-bond donors (Lipinski definition) is 1. The van der Waals surface area contributed by atoms with E-state index in [1.807, 2.05) is 12.1 Å². The normalized spacial score (nSPS) is 11.3. The average molecular weight is 345 g/mol. The number of carboxylic acid groups (broad SMARTS) is 1. The molecule has 0 atom stereocenters. The van der Waals surface area contributed by atoms with E-state index in [0.29, 0.717) is 29.6 Å². The molecular weight excluding hydrogens is 326 g/mol. The van der Waals surface area contributed by atoms with Crippen LogP contribution in [0.15, 0.2) is 30.5 Å². The molecule has 0 spiro atoms. The number of ether oxygens (including phenoxy) is 1. The van der Waals surface area contributed by atoms with Gasteiger partial charge in [-0.2, -0.15) is 5.10 Å². The van der Waals surface area contributed by atoms with Crippen molar-refractivity contribution in [3.05, 3.63) is 46.7 Å². The molecule has 0 saturated carbocycles. The van der Waals surface area contributed by atoms with E-state index in [-0.39, 0.29) is 6.42 Å². The predicted octanol–water partition coefficient (Wildman–Crippen LogP) is 3.16. The third-order valence-corrected chi connectivity index (χ3v) is 4.58. The van der Waals surface area contributed by atoms with Crippen LogP contribution in [0.1, 0.15) is 36.0 Å². The molecular formula is C17H19N3O3S. The number of imidazole rings is 1. The maximum absolute atomic E-state index is 10.7. The molecule has 0 unspecified atom stereocenters. The molecule has 0 fully saturated rings. The number of aromatic nitrogens is 3. The third kappa shape index (κ3) is 3.91. The van der Waals surface area contributed by atoms with Gasteiger partial charge in [-0.05, 0) is 23.6 Å². The average Bonchev–Trinajstić information content (AvgIpc) is 3.05. The minimum absolute atomic E-state index is 0.0824. The minimum Gasteiger partial charge on any atom is -0.493 e. The molecule has 0 radical (unpaired) electrons. The molecule has 0 saturated heterocycles. The first kappa shape index (κ1) is 16.4. The van der Waals surface area contributed by atoms with Crippen LogP contribution >= 0.6 is 11.3 Å². The lowest BCUT2D eigenvalue weighted by molar-refractivity contribution is -0.136. The first-order chi connectivity index (χ1) is 11.5. The summed E-state index contributed by atoms with van der Waals surface area (Å²) in [5.74, 6) is 0.471. The van der Waals surface area contributed by atoms with Crippen molar-refractivity contribution in [1.29, 1.82) is 0 Å². The lowest BCUT2D eigenvalue weighted by atomic mass is 10.0. The van der Waals surface area contributed by atoms with E-state index in [4.69, 9.17) is 9.84 Å². The highest BCUT2D eigenvalue weighted by Crippen LogP contribution is 2.19. The molecule has 1 aromatic carbocycles. The van der Waals surface area contributed by atoms with Gasteiger partial charge < -0.3 is 9.84 Å². The van der Waals surface area contributed by atoms with Crippen LogP contribution in [0, 0.1) is 0 Å². The minimum atomic E-state index is -0.891. The molecule has 3 rings (SSSR count). The zero-order valence-corrected chi connectivity index (χ0v) is 14.4. The molecule has 0 amide bonds. The molecule has 126 valence electrons. The number of benzene rings is 1. The molecule has 0 aliphatic rings. The van der Waals surface area contributed by atoms with Crippen molar-refractivity contribution in [3.63, 3.8) is 0 Å². The van der Waals surface area contributed by atoms with Crippen molar-refractivity contribution in [2.75, 3.05) is 6.61 Å². The Hall–Kier alpha value is -2.41. The lowest BCUT2D eigenvalue weighted by Gasteiger charge is -2.08.